The fourth-order valence-electron chi connectivity index (χ4n) is 3.24. The van der Waals surface area contributed by atoms with Crippen molar-refractivity contribution in [2.24, 2.45) is 0 Å². The predicted molar refractivity (Wildman–Crippen MR) is 142 cm³/mol. The minimum atomic E-state index is -0.706. The van der Waals surface area contributed by atoms with Crippen LogP contribution in [0.1, 0.15) is 74.1 Å². The molecule has 0 aromatic heterocycles. The van der Waals surface area contributed by atoms with Gasteiger partial charge in [0.25, 0.3) is 0 Å². The first-order valence-electron chi connectivity index (χ1n) is 13.2. The molecule has 0 bridgehead atoms. The van der Waals surface area contributed by atoms with Crippen molar-refractivity contribution in [1.82, 2.24) is 20.0 Å². The van der Waals surface area contributed by atoms with Gasteiger partial charge in [-0.05, 0) is 74.1 Å². The molecule has 0 radical (unpaired) electrons. The van der Waals surface area contributed by atoms with Gasteiger partial charge in [-0.2, -0.15) is 0 Å². The number of carbonyl (C=O) groups excluding carboxylic acids is 5. The molecule has 0 aliphatic rings. The molecular weight excluding hydrogens is 496 g/mol. The van der Waals surface area contributed by atoms with E-state index in [2.05, 4.69) is 5.32 Å². The molecule has 0 spiro atoms. The van der Waals surface area contributed by atoms with Crippen LogP contribution >= 0.6 is 0 Å². The maximum atomic E-state index is 12.5. The Balaban J connectivity index is 4.40. The first kappa shape index (κ1) is 35.0. The molecule has 38 heavy (non-hydrogen) atoms. The minimum absolute atomic E-state index is 0.213. The van der Waals surface area contributed by atoms with E-state index in [4.69, 9.17) is 14.2 Å². The molecule has 0 unspecified atom stereocenters. The summed E-state index contributed by atoms with van der Waals surface area (Å²) in [5, 5.41) is 2.66. The Morgan fingerprint density at radius 2 is 1.24 bits per heavy atom. The lowest BCUT2D eigenvalue weighted by Gasteiger charge is -2.27. The van der Waals surface area contributed by atoms with Crippen molar-refractivity contribution in [3.63, 3.8) is 0 Å². The van der Waals surface area contributed by atoms with E-state index in [1.807, 2.05) is 0 Å². The van der Waals surface area contributed by atoms with Crippen LogP contribution in [0.3, 0.4) is 0 Å². The summed E-state index contributed by atoms with van der Waals surface area (Å²) in [4.78, 5) is 63.4. The SMILES string of the molecule is CCOC(=O)CN(CCCN(C=O)CCCCN(C=O)CCCNC(=O)OC(C)(C)C)C(=O)OC(C)(C)C. The van der Waals surface area contributed by atoms with Gasteiger partial charge in [-0.3, -0.25) is 19.3 Å². The van der Waals surface area contributed by atoms with Crippen LogP contribution < -0.4 is 5.32 Å². The molecule has 0 heterocycles. The summed E-state index contributed by atoms with van der Waals surface area (Å²) < 4.78 is 15.5. The van der Waals surface area contributed by atoms with Crippen molar-refractivity contribution >= 4 is 31.0 Å². The summed E-state index contributed by atoms with van der Waals surface area (Å²) in [5.41, 5.74) is -1.27. The quantitative estimate of drug-likeness (QED) is 0.120. The highest BCUT2D eigenvalue weighted by Crippen LogP contribution is 2.11. The van der Waals surface area contributed by atoms with Gasteiger partial charge in [0.1, 0.15) is 17.7 Å². The number of nitrogens with zero attached hydrogens (tertiary/aromatic N) is 3. The molecule has 0 aliphatic heterocycles. The van der Waals surface area contributed by atoms with E-state index in [1.165, 1.54) is 4.90 Å². The molecule has 12 heteroatoms. The highest BCUT2D eigenvalue weighted by atomic mass is 16.6. The van der Waals surface area contributed by atoms with Crippen LogP contribution in [0.4, 0.5) is 9.59 Å². The molecule has 0 aromatic carbocycles. The van der Waals surface area contributed by atoms with Crippen LogP contribution in [0.5, 0.6) is 0 Å². The van der Waals surface area contributed by atoms with Crippen LogP contribution in [-0.4, -0.2) is 109 Å². The fraction of sp³-hybridized carbons (Fsp3) is 0.808. The van der Waals surface area contributed by atoms with E-state index in [1.54, 1.807) is 58.3 Å². The molecule has 0 aromatic rings. The Bertz CT molecular complexity index is 734. The molecule has 0 fully saturated rings. The van der Waals surface area contributed by atoms with Crippen LogP contribution in [0.2, 0.25) is 0 Å². The summed E-state index contributed by atoms with van der Waals surface area (Å²) in [6.45, 7) is 14.8. The van der Waals surface area contributed by atoms with Gasteiger partial charge in [0, 0.05) is 39.3 Å². The van der Waals surface area contributed by atoms with Crippen molar-refractivity contribution in [3.05, 3.63) is 0 Å². The lowest BCUT2D eigenvalue weighted by Crippen LogP contribution is -2.41. The van der Waals surface area contributed by atoms with Crippen LogP contribution in [0, 0.1) is 0 Å². The molecule has 12 nitrogen and oxygen atoms in total. The zero-order chi connectivity index (χ0) is 29.2. The largest absolute Gasteiger partial charge is 0.465 e. The van der Waals surface area contributed by atoms with Crippen molar-refractivity contribution in [1.29, 1.82) is 0 Å². The summed E-state index contributed by atoms with van der Waals surface area (Å²) in [7, 11) is 0. The maximum absolute atomic E-state index is 12.5. The van der Waals surface area contributed by atoms with E-state index in [0.29, 0.717) is 58.4 Å². The van der Waals surface area contributed by atoms with E-state index >= 15 is 0 Å². The maximum Gasteiger partial charge on any atom is 0.410 e. The monoisotopic (exact) mass is 544 g/mol. The normalized spacial score (nSPS) is 11.2. The highest BCUT2D eigenvalue weighted by Gasteiger charge is 2.24. The lowest BCUT2D eigenvalue weighted by molar-refractivity contribution is -0.144. The number of carbonyl (C=O) groups is 5. The fourth-order valence-corrected chi connectivity index (χ4v) is 3.24. The zero-order valence-corrected chi connectivity index (χ0v) is 24.2. The molecule has 4 amide bonds. The number of amides is 4. The topological polar surface area (TPSA) is 135 Å². The third-order valence-electron chi connectivity index (χ3n) is 4.88. The zero-order valence-electron chi connectivity index (χ0n) is 24.2. The molecule has 0 rings (SSSR count). The molecule has 0 atom stereocenters. The molecular formula is C26H48N4O8. The Labute approximate surface area is 227 Å². The van der Waals surface area contributed by atoms with E-state index in [0.717, 1.165) is 12.8 Å². The van der Waals surface area contributed by atoms with Gasteiger partial charge in [-0.15, -0.1) is 0 Å². The lowest BCUT2D eigenvalue weighted by atomic mass is 10.2. The smallest absolute Gasteiger partial charge is 0.410 e. The average molecular weight is 545 g/mol. The van der Waals surface area contributed by atoms with Crippen molar-refractivity contribution < 1.29 is 38.2 Å². The second-order valence-corrected chi connectivity index (χ2v) is 10.8. The summed E-state index contributed by atoms with van der Waals surface area (Å²) >= 11 is 0. The molecule has 220 valence electrons. The first-order chi connectivity index (χ1) is 17.7. The van der Waals surface area contributed by atoms with E-state index in [9.17, 15) is 24.0 Å². The second-order valence-electron chi connectivity index (χ2n) is 10.8. The van der Waals surface area contributed by atoms with Gasteiger partial charge in [0.2, 0.25) is 12.8 Å². The third-order valence-corrected chi connectivity index (χ3v) is 4.88. The average Bonchev–Trinajstić information content (AvgIpc) is 2.78. The Kier molecular flexibility index (Phi) is 16.8. The van der Waals surface area contributed by atoms with E-state index < -0.39 is 29.4 Å². The Morgan fingerprint density at radius 1 is 0.737 bits per heavy atom. The Hall–Kier alpha value is -3.05. The summed E-state index contributed by atoms with van der Waals surface area (Å²) in [6, 6.07) is 0. The van der Waals surface area contributed by atoms with Crippen molar-refractivity contribution in [3.8, 4) is 0 Å². The number of unbranched alkanes of at least 4 members (excludes halogenated alkanes) is 1. The Morgan fingerprint density at radius 3 is 1.71 bits per heavy atom. The highest BCUT2D eigenvalue weighted by molar-refractivity contribution is 5.78. The number of hydrogen-bond donors (Lipinski definition) is 1. The molecule has 0 aliphatic carbocycles. The number of nitrogens with one attached hydrogen (secondary N) is 1. The van der Waals surface area contributed by atoms with Crippen LogP contribution in [0.15, 0.2) is 0 Å². The van der Waals surface area contributed by atoms with Crippen LogP contribution in [-0.2, 0) is 28.6 Å². The minimum Gasteiger partial charge on any atom is -0.465 e. The second kappa shape index (κ2) is 18.2. The van der Waals surface area contributed by atoms with Gasteiger partial charge in [-0.1, -0.05) is 0 Å². The van der Waals surface area contributed by atoms with Gasteiger partial charge in [-0.25, -0.2) is 9.59 Å². The van der Waals surface area contributed by atoms with Gasteiger partial charge in [0.15, 0.2) is 0 Å². The van der Waals surface area contributed by atoms with E-state index in [-0.39, 0.29) is 19.7 Å². The van der Waals surface area contributed by atoms with Crippen molar-refractivity contribution in [2.45, 2.75) is 85.4 Å². The van der Waals surface area contributed by atoms with Crippen LogP contribution in [0.25, 0.3) is 0 Å². The molecule has 0 saturated carbocycles. The van der Waals surface area contributed by atoms with Gasteiger partial charge >= 0.3 is 18.2 Å². The third kappa shape index (κ3) is 19.1. The summed E-state index contributed by atoms with van der Waals surface area (Å²) in [5.74, 6) is -0.522. The summed E-state index contributed by atoms with van der Waals surface area (Å²) in [6.07, 6.45) is 2.88. The van der Waals surface area contributed by atoms with Crippen molar-refractivity contribution in [2.75, 3.05) is 52.4 Å². The number of ether oxygens (including phenoxy) is 3. The van der Waals surface area contributed by atoms with Gasteiger partial charge < -0.3 is 29.3 Å². The molecule has 0 saturated heterocycles. The standard InChI is InChI=1S/C26H48N4O8/c1-8-36-22(33)19-30(24(35)38-26(5,6)7)18-12-17-29(21-32)15-10-9-14-28(20-31)16-11-13-27-23(34)37-25(2,3)4/h20-21H,8-19H2,1-7H3,(H,27,34). The van der Waals surface area contributed by atoms with Gasteiger partial charge in [0.05, 0.1) is 6.61 Å². The predicted octanol–water partition coefficient (Wildman–Crippen LogP) is 2.79. The number of esters is 1. The number of hydrogen-bond acceptors (Lipinski definition) is 8. The molecule has 1 N–H and O–H groups in total. The number of alkyl carbamates (subject to hydrolysis) is 1. The first-order valence-corrected chi connectivity index (χ1v) is 13.2. The number of rotatable bonds is 18.